The van der Waals surface area contributed by atoms with E-state index in [1.54, 1.807) is 18.6 Å². The van der Waals surface area contributed by atoms with Crippen molar-refractivity contribution in [3.05, 3.63) is 30.9 Å². The molecular formula is C9H11N5. The molecule has 0 aliphatic heterocycles. The molecule has 0 saturated carbocycles. The summed E-state index contributed by atoms with van der Waals surface area (Å²) in [6, 6.07) is 1.81. The van der Waals surface area contributed by atoms with Crippen LogP contribution in [-0.4, -0.2) is 14.5 Å². The standard InChI is InChI=1S/C9H11N5/c1-14-5-4-12-9(14)13-8-2-3-11-6-7(8)10/h2-6H,10H2,1H3,(H,11,12,13). The Labute approximate surface area is 81.6 Å². The Morgan fingerprint density at radius 2 is 2.29 bits per heavy atom. The molecule has 2 aromatic heterocycles. The van der Waals surface area contributed by atoms with E-state index in [4.69, 9.17) is 5.73 Å². The van der Waals surface area contributed by atoms with Crippen LogP contribution >= 0.6 is 0 Å². The third kappa shape index (κ3) is 1.52. The molecule has 0 unspecified atom stereocenters. The molecule has 0 aliphatic rings. The highest BCUT2D eigenvalue weighted by Gasteiger charge is 2.01. The minimum Gasteiger partial charge on any atom is -0.396 e. The zero-order chi connectivity index (χ0) is 9.97. The highest BCUT2D eigenvalue weighted by atomic mass is 15.2. The molecule has 2 aromatic rings. The van der Waals surface area contributed by atoms with Gasteiger partial charge in [-0.2, -0.15) is 0 Å². The summed E-state index contributed by atoms with van der Waals surface area (Å²) < 4.78 is 1.87. The van der Waals surface area contributed by atoms with Gasteiger partial charge in [0.05, 0.1) is 17.6 Å². The van der Waals surface area contributed by atoms with Crippen molar-refractivity contribution in [1.82, 2.24) is 14.5 Å². The number of nitrogens with zero attached hydrogens (tertiary/aromatic N) is 3. The number of rotatable bonds is 2. The summed E-state index contributed by atoms with van der Waals surface area (Å²) in [6.45, 7) is 0. The summed E-state index contributed by atoms with van der Waals surface area (Å²) in [5.41, 5.74) is 7.15. The number of nitrogen functional groups attached to an aromatic ring is 1. The predicted octanol–water partition coefficient (Wildman–Crippen LogP) is 1.14. The summed E-state index contributed by atoms with van der Waals surface area (Å²) in [5, 5.41) is 3.11. The second-order valence-corrected chi connectivity index (χ2v) is 2.95. The van der Waals surface area contributed by atoms with Crippen LogP contribution in [0, 0.1) is 0 Å². The van der Waals surface area contributed by atoms with Gasteiger partial charge in [-0.1, -0.05) is 0 Å². The highest BCUT2D eigenvalue weighted by molar-refractivity contribution is 5.68. The summed E-state index contributed by atoms with van der Waals surface area (Å²) in [5.74, 6) is 0.753. The highest BCUT2D eigenvalue weighted by Crippen LogP contribution is 2.19. The van der Waals surface area contributed by atoms with Crippen LogP contribution in [0.3, 0.4) is 0 Å². The van der Waals surface area contributed by atoms with Crippen molar-refractivity contribution in [3.8, 4) is 0 Å². The maximum Gasteiger partial charge on any atom is 0.207 e. The van der Waals surface area contributed by atoms with Crippen molar-refractivity contribution in [3.63, 3.8) is 0 Å². The van der Waals surface area contributed by atoms with Crippen molar-refractivity contribution in [2.45, 2.75) is 0 Å². The molecule has 0 atom stereocenters. The van der Waals surface area contributed by atoms with Gasteiger partial charge in [-0.3, -0.25) is 4.98 Å². The average molecular weight is 189 g/mol. The van der Waals surface area contributed by atoms with Gasteiger partial charge in [-0.25, -0.2) is 4.98 Å². The second kappa shape index (κ2) is 3.37. The van der Waals surface area contributed by atoms with Crippen LogP contribution in [0.1, 0.15) is 0 Å². The van der Waals surface area contributed by atoms with Crippen molar-refractivity contribution >= 4 is 17.3 Å². The lowest BCUT2D eigenvalue weighted by Crippen LogP contribution is -2.01. The molecule has 0 radical (unpaired) electrons. The third-order valence-electron chi connectivity index (χ3n) is 1.92. The lowest BCUT2D eigenvalue weighted by molar-refractivity contribution is 0.924. The molecule has 0 spiro atoms. The Morgan fingerprint density at radius 3 is 2.93 bits per heavy atom. The number of pyridine rings is 1. The Morgan fingerprint density at radius 1 is 1.43 bits per heavy atom. The van der Waals surface area contributed by atoms with Crippen LogP contribution in [0.4, 0.5) is 17.3 Å². The normalized spacial score (nSPS) is 10.1. The molecule has 0 fully saturated rings. The Hall–Kier alpha value is -2.04. The number of imidazole rings is 1. The molecule has 72 valence electrons. The quantitative estimate of drug-likeness (QED) is 0.743. The minimum atomic E-state index is 0.607. The molecule has 2 rings (SSSR count). The van der Waals surface area contributed by atoms with Crippen LogP contribution < -0.4 is 11.1 Å². The molecule has 0 bridgehead atoms. The maximum atomic E-state index is 5.73. The van der Waals surface area contributed by atoms with Gasteiger partial charge in [0.1, 0.15) is 0 Å². The summed E-state index contributed by atoms with van der Waals surface area (Å²) in [7, 11) is 1.91. The van der Waals surface area contributed by atoms with E-state index in [-0.39, 0.29) is 0 Å². The Kier molecular flexibility index (Phi) is 2.06. The molecular weight excluding hydrogens is 178 g/mol. The van der Waals surface area contributed by atoms with Crippen molar-refractivity contribution < 1.29 is 0 Å². The number of hydrogen-bond donors (Lipinski definition) is 2. The summed E-state index contributed by atoms with van der Waals surface area (Å²) in [4.78, 5) is 8.03. The van der Waals surface area contributed by atoms with E-state index in [0.717, 1.165) is 11.6 Å². The maximum absolute atomic E-state index is 5.73. The smallest absolute Gasteiger partial charge is 0.207 e. The van der Waals surface area contributed by atoms with E-state index >= 15 is 0 Å². The SMILES string of the molecule is Cn1ccnc1Nc1ccncc1N. The van der Waals surface area contributed by atoms with Gasteiger partial charge < -0.3 is 15.6 Å². The van der Waals surface area contributed by atoms with Gasteiger partial charge in [0, 0.05) is 25.6 Å². The van der Waals surface area contributed by atoms with Gasteiger partial charge >= 0.3 is 0 Å². The largest absolute Gasteiger partial charge is 0.396 e. The Bertz CT molecular complexity index is 434. The fraction of sp³-hybridized carbons (Fsp3) is 0.111. The van der Waals surface area contributed by atoms with Crippen LogP contribution in [0.2, 0.25) is 0 Å². The van der Waals surface area contributed by atoms with Crippen LogP contribution in [0.5, 0.6) is 0 Å². The molecule has 0 aliphatic carbocycles. The molecule has 0 aromatic carbocycles. The molecule has 3 N–H and O–H groups in total. The first-order chi connectivity index (χ1) is 6.77. The summed E-state index contributed by atoms with van der Waals surface area (Å²) >= 11 is 0. The monoisotopic (exact) mass is 189 g/mol. The fourth-order valence-corrected chi connectivity index (χ4v) is 1.13. The van der Waals surface area contributed by atoms with Gasteiger partial charge in [0.15, 0.2) is 0 Å². The van der Waals surface area contributed by atoms with Crippen molar-refractivity contribution in [2.75, 3.05) is 11.1 Å². The van der Waals surface area contributed by atoms with E-state index < -0.39 is 0 Å². The number of aryl methyl sites for hydroxylation is 1. The van der Waals surface area contributed by atoms with Gasteiger partial charge in [0.2, 0.25) is 5.95 Å². The lowest BCUT2D eigenvalue weighted by atomic mass is 10.3. The Balaban J connectivity index is 2.28. The van der Waals surface area contributed by atoms with Crippen molar-refractivity contribution in [1.29, 1.82) is 0 Å². The molecule has 0 amide bonds. The molecule has 14 heavy (non-hydrogen) atoms. The predicted molar refractivity (Wildman–Crippen MR) is 55.1 cm³/mol. The number of nitrogens with one attached hydrogen (secondary N) is 1. The third-order valence-corrected chi connectivity index (χ3v) is 1.92. The zero-order valence-corrected chi connectivity index (χ0v) is 7.81. The van der Waals surface area contributed by atoms with Crippen molar-refractivity contribution in [2.24, 2.45) is 7.05 Å². The van der Waals surface area contributed by atoms with E-state index in [1.807, 2.05) is 23.9 Å². The van der Waals surface area contributed by atoms with E-state index in [9.17, 15) is 0 Å². The van der Waals surface area contributed by atoms with Crippen LogP contribution in [0.25, 0.3) is 0 Å². The molecule has 0 saturated heterocycles. The number of nitrogens with two attached hydrogens (primary N) is 1. The zero-order valence-electron chi connectivity index (χ0n) is 7.81. The van der Waals surface area contributed by atoms with Gasteiger partial charge in [0.25, 0.3) is 0 Å². The molecule has 5 heteroatoms. The minimum absolute atomic E-state index is 0.607. The van der Waals surface area contributed by atoms with E-state index in [0.29, 0.717) is 5.69 Å². The number of aromatic nitrogens is 3. The van der Waals surface area contributed by atoms with Gasteiger partial charge in [-0.05, 0) is 6.07 Å². The van der Waals surface area contributed by atoms with Gasteiger partial charge in [-0.15, -0.1) is 0 Å². The van der Waals surface area contributed by atoms with Crippen LogP contribution in [0.15, 0.2) is 30.9 Å². The van der Waals surface area contributed by atoms with E-state index in [2.05, 4.69) is 15.3 Å². The number of anilines is 3. The first kappa shape index (κ1) is 8.55. The fourth-order valence-electron chi connectivity index (χ4n) is 1.13. The van der Waals surface area contributed by atoms with Crippen LogP contribution in [-0.2, 0) is 7.05 Å². The average Bonchev–Trinajstić information content (AvgIpc) is 2.56. The first-order valence-corrected chi connectivity index (χ1v) is 4.21. The first-order valence-electron chi connectivity index (χ1n) is 4.21. The topological polar surface area (TPSA) is 68.8 Å². The molecule has 5 nitrogen and oxygen atoms in total. The second-order valence-electron chi connectivity index (χ2n) is 2.95. The van der Waals surface area contributed by atoms with E-state index in [1.165, 1.54) is 0 Å². The lowest BCUT2D eigenvalue weighted by Gasteiger charge is -2.07. The molecule has 2 heterocycles. The number of hydrogen-bond acceptors (Lipinski definition) is 4. The summed E-state index contributed by atoms with van der Waals surface area (Å²) in [6.07, 6.45) is 6.87.